The van der Waals surface area contributed by atoms with E-state index in [4.69, 9.17) is 4.74 Å². The summed E-state index contributed by atoms with van der Waals surface area (Å²) < 4.78 is 5.53. The number of esters is 1. The van der Waals surface area contributed by atoms with Gasteiger partial charge in [-0.05, 0) is 55.2 Å². The minimum Gasteiger partial charge on any atom is -0.464 e. The molecule has 2 N–H and O–H groups in total. The molecule has 40 heavy (non-hydrogen) atoms. The van der Waals surface area contributed by atoms with Gasteiger partial charge in [0.1, 0.15) is 6.61 Å². The van der Waals surface area contributed by atoms with Crippen LogP contribution in [0.5, 0.6) is 0 Å². The van der Waals surface area contributed by atoms with Crippen molar-refractivity contribution in [3.05, 3.63) is 96.6 Å². The average molecular weight is 547 g/mol. The highest BCUT2D eigenvalue weighted by Gasteiger charge is 2.31. The number of nitrogens with zero attached hydrogens (tertiary/aromatic N) is 1. The van der Waals surface area contributed by atoms with Crippen molar-refractivity contribution in [3.63, 3.8) is 0 Å². The van der Waals surface area contributed by atoms with Crippen molar-refractivity contribution in [2.45, 2.75) is 57.5 Å². The van der Waals surface area contributed by atoms with Crippen molar-refractivity contribution in [2.75, 3.05) is 19.8 Å². The number of amides is 2. The van der Waals surface area contributed by atoms with E-state index >= 15 is 0 Å². The van der Waals surface area contributed by atoms with Gasteiger partial charge in [0.25, 0.3) is 0 Å². The Kier molecular flexibility index (Phi) is 12.6. The number of ether oxygens (including phenoxy) is 1. The molecule has 7 nitrogen and oxygen atoms in total. The number of rotatable bonds is 16. The summed E-state index contributed by atoms with van der Waals surface area (Å²) in [4.78, 5) is 40.7. The lowest BCUT2D eigenvalue weighted by molar-refractivity contribution is -0.149. The van der Waals surface area contributed by atoms with E-state index in [1.807, 2.05) is 60.7 Å². The van der Waals surface area contributed by atoms with Gasteiger partial charge in [0, 0.05) is 13.0 Å². The molecule has 0 aromatic heterocycles. The van der Waals surface area contributed by atoms with Crippen LogP contribution in [0.1, 0.15) is 48.8 Å². The Labute approximate surface area is 237 Å². The first kappa shape index (κ1) is 30.8. The van der Waals surface area contributed by atoms with E-state index in [2.05, 4.69) is 18.5 Å². The lowest BCUT2D eigenvalue weighted by Gasteiger charge is -2.36. The van der Waals surface area contributed by atoms with Crippen LogP contribution in [0.3, 0.4) is 0 Å². The fourth-order valence-corrected chi connectivity index (χ4v) is 5.15. The highest BCUT2D eigenvalue weighted by atomic mass is 16.5. The number of aliphatic hydroxyl groups excluding tert-OH is 1. The highest BCUT2D eigenvalue weighted by molar-refractivity contribution is 5.86. The maximum absolute atomic E-state index is 13.2. The zero-order chi connectivity index (χ0) is 28.7. The maximum Gasteiger partial charge on any atom is 0.309 e. The van der Waals surface area contributed by atoms with E-state index in [-0.39, 0.29) is 55.9 Å². The molecule has 2 amide bonds. The fraction of sp³-hybridized carbons (Fsp3) is 0.424. The van der Waals surface area contributed by atoms with Gasteiger partial charge in [0.15, 0.2) is 0 Å². The molecule has 1 aliphatic heterocycles. The zero-order valence-electron chi connectivity index (χ0n) is 23.3. The molecule has 0 saturated carbocycles. The largest absolute Gasteiger partial charge is 0.464 e. The number of hydrogen-bond acceptors (Lipinski definition) is 5. The summed E-state index contributed by atoms with van der Waals surface area (Å²) in [7, 11) is 0. The van der Waals surface area contributed by atoms with Gasteiger partial charge in [-0.3, -0.25) is 14.4 Å². The van der Waals surface area contributed by atoms with Gasteiger partial charge in [-0.25, -0.2) is 0 Å². The van der Waals surface area contributed by atoms with E-state index in [1.165, 1.54) is 0 Å². The SMILES string of the molecule is C=CCCC[C@H](Cc1ccccc1)C(=O)OCCNC(=O)[C@H](CC=C)CC(=O)N1Cc2ccccc2C[C@H]1CO. The first-order chi connectivity index (χ1) is 19.5. The second kappa shape index (κ2) is 16.4. The molecule has 0 unspecified atom stereocenters. The Hall–Kier alpha value is -3.71. The van der Waals surface area contributed by atoms with Crippen molar-refractivity contribution in [3.8, 4) is 0 Å². The standard InChI is InChI=1S/C33H42N2O5/c1-3-5-7-16-28(20-25-13-8-6-9-14-25)33(39)40-19-18-34-32(38)27(12-4-2)22-31(37)35-23-29-17-11-10-15-26(29)21-30(35)24-36/h3-4,6,8-11,13-15,17,27-28,30,36H,1-2,5,7,12,16,18-24H2,(H,34,38)/t27-,28-,30+/m1/s1. The third-order valence-electron chi connectivity index (χ3n) is 7.39. The van der Waals surface area contributed by atoms with E-state index in [0.29, 0.717) is 32.2 Å². The van der Waals surface area contributed by atoms with Crippen molar-refractivity contribution in [1.82, 2.24) is 10.2 Å². The van der Waals surface area contributed by atoms with E-state index in [9.17, 15) is 19.5 Å². The zero-order valence-corrected chi connectivity index (χ0v) is 23.3. The van der Waals surface area contributed by atoms with Gasteiger partial charge in [0.05, 0.1) is 31.0 Å². The Morgan fingerprint density at radius 1 is 1.02 bits per heavy atom. The number of benzene rings is 2. The second-order valence-electron chi connectivity index (χ2n) is 10.3. The predicted octanol–water partition coefficient (Wildman–Crippen LogP) is 4.39. The van der Waals surface area contributed by atoms with Crippen molar-refractivity contribution < 1.29 is 24.2 Å². The first-order valence-electron chi connectivity index (χ1n) is 14.1. The molecule has 0 spiro atoms. The van der Waals surface area contributed by atoms with Crippen LogP contribution in [-0.2, 0) is 38.5 Å². The number of hydrogen-bond donors (Lipinski definition) is 2. The number of nitrogens with one attached hydrogen (secondary N) is 1. The van der Waals surface area contributed by atoms with Crippen LogP contribution in [0.15, 0.2) is 79.9 Å². The van der Waals surface area contributed by atoms with E-state index < -0.39 is 5.92 Å². The fourth-order valence-electron chi connectivity index (χ4n) is 5.15. The normalized spacial score (nSPS) is 15.8. The molecule has 2 aromatic rings. The molecular weight excluding hydrogens is 504 g/mol. The molecule has 0 bridgehead atoms. The monoisotopic (exact) mass is 546 g/mol. The number of allylic oxidation sites excluding steroid dienone is 2. The quantitative estimate of drug-likeness (QED) is 0.185. The lowest BCUT2D eigenvalue weighted by Crippen LogP contribution is -2.47. The Balaban J connectivity index is 1.50. The van der Waals surface area contributed by atoms with Crippen LogP contribution in [0.2, 0.25) is 0 Å². The summed E-state index contributed by atoms with van der Waals surface area (Å²) in [5.41, 5.74) is 3.27. The van der Waals surface area contributed by atoms with Gasteiger partial charge in [-0.2, -0.15) is 0 Å². The number of fused-ring (bicyclic) bond motifs is 1. The van der Waals surface area contributed by atoms with Crippen molar-refractivity contribution in [1.29, 1.82) is 0 Å². The summed E-state index contributed by atoms with van der Waals surface area (Å²) in [5, 5.41) is 12.7. The van der Waals surface area contributed by atoms with Crippen LogP contribution in [-0.4, -0.2) is 53.6 Å². The molecule has 1 aliphatic rings. The van der Waals surface area contributed by atoms with E-state index in [1.54, 1.807) is 11.0 Å². The molecule has 0 saturated heterocycles. The topological polar surface area (TPSA) is 95.9 Å². The molecule has 3 rings (SSSR count). The molecule has 0 fully saturated rings. The summed E-state index contributed by atoms with van der Waals surface area (Å²) in [5.74, 6) is -1.60. The first-order valence-corrected chi connectivity index (χ1v) is 14.1. The molecule has 214 valence electrons. The molecule has 2 aromatic carbocycles. The summed E-state index contributed by atoms with van der Waals surface area (Å²) >= 11 is 0. The maximum atomic E-state index is 13.2. The number of aliphatic hydroxyl groups is 1. The van der Waals surface area contributed by atoms with E-state index in [0.717, 1.165) is 29.5 Å². The number of carbonyl (C=O) groups is 3. The minimum absolute atomic E-state index is 0.0127. The molecule has 3 atom stereocenters. The smallest absolute Gasteiger partial charge is 0.309 e. The molecule has 0 aliphatic carbocycles. The van der Waals surface area contributed by atoms with Crippen molar-refractivity contribution >= 4 is 17.8 Å². The van der Waals surface area contributed by atoms with Gasteiger partial charge < -0.3 is 20.1 Å². The third-order valence-corrected chi connectivity index (χ3v) is 7.39. The van der Waals surface area contributed by atoms with Crippen LogP contribution >= 0.6 is 0 Å². The summed E-state index contributed by atoms with van der Waals surface area (Å²) in [6.45, 7) is 8.00. The van der Waals surface area contributed by atoms with Crippen LogP contribution in [0.25, 0.3) is 0 Å². The number of carbonyl (C=O) groups excluding carboxylic acids is 3. The Bertz CT molecular complexity index is 1130. The molecule has 0 radical (unpaired) electrons. The highest BCUT2D eigenvalue weighted by Crippen LogP contribution is 2.25. The van der Waals surface area contributed by atoms with Gasteiger partial charge in [-0.15, -0.1) is 13.2 Å². The predicted molar refractivity (Wildman–Crippen MR) is 156 cm³/mol. The third kappa shape index (κ3) is 9.19. The van der Waals surface area contributed by atoms with Crippen LogP contribution < -0.4 is 5.32 Å². The van der Waals surface area contributed by atoms with Gasteiger partial charge >= 0.3 is 5.97 Å². The lowest BCUT2D eigenvalue weighted by atomic mass is 9.92. The van der Waals surface area contributed by atoms with Crippen LogP contribution in [0.4, 0.5) is 0 Å². The van der Waals surface area contributed by atoms with Gasteiger partial charge in [0.2, 0.25) is 11.8 Å². The Morgan fingerprint density at radius 3 is 2.45 bits per heavy atom. The van der Waals surface area contributed by atoms with Crippen molar-refractivity contribution in [2.24, 2.45) is 11.8 Å². The molecule has 1 heterocycles. The second-order valence-corrected chi connectivity index (χ2v) is 10.3. The summed E-state index contributed by atoms with van der Waals surface area (Å²) in [6.07, 6.45) is 7.40. The Morgan fingerprint density at radius 2 is 1.75 bits per heavy atom. The summed E-state index contributed by atoms with van der Waals surface area (Å²) in [6, 6.07) is 17.4. The van der Waals surface area contributed by atoms with Gasteiger partial charge in [-0.1, -0.05) is 66.7 Å². The molecular formula is C33H42N2O5. The minimum atomic E-state index is -0.595. The van der Waals surface area contributed by atoms with Crippen LogP contribution in [0, 0.1) is 11.8 Å². The average Bonchev–Trinajstić information content (AvgIpc) is 2.98. The molecule has 7 heteroatoms. The number of unbranched alkanes of at least 4 members (excludes halogenated alkanes) is 1.